The van der Waals surface area contributed by atoms with Crippen LogP contribution in [0.1, 0.15) is 42.1 Å². The molecule has 6 nitrogen and oxygen atoms in total. The van der Waals surface area contributed by atoms with E-state index in [2.05, 4.69) is 5.32 Å². The van der Waals surface area contributed by atoms with Crippen LogP contribution in [0.15, 0.2) is 54.6 Å². The number of hydrogen-bond donors (Lipinski definition) is 1. The van der Waals surface area contributed by atoms with Gasteiger partial charge < -0.3 is 5.32 Å². The zero-order chi connectivity index (χ0) is 19.7. The van der Waals surface area contributed by atoms with Crippen LogP contribution in [-0.2, 0) is 15.0 Å². The molecule has 1 saturated carbocycles. The van der Waals surface area contributed by atoms with Gasteiger partial charge in [0.25, 0.3) is 11.8 Å². The second-order valence-electron chi connectivity index (χ2n) is 7.42. The van der Waals surface area contributed by atoms with Crippen molar-refractivity contribution < 1.29 is 14.4 Å². The van der Waals surface area contributed by atoms with Crippen LogP contribution < -0.4 is 5.32 Å². The molecule has 0 aromatic heterocycles. The van der Waals surface area contributed by atoms with E-state index in [1.165, 1.54) is 6.92 Å². The first-order valence-corrected chi connectivity index (χ1v) is 9.58. The number of benzene rings is 2. The molecular formula is C22H23N3O3. The lowest BCUT2D eigenvalue weighted by molar-refractivity contribution is -0.143. The van der Waals surface area contributed by atoms with E-state index in [4.69, 9.17) is 0 Å². The molecule has 28 heavy (non-hydrogen) atoms. The Kier molecular flexibility index (Phi) is 4.63. The van der Waals surface area contributed by atoms with Crippen molar-refractivity contribution in [2.45, 2.75) is 31.6 Å². The molecule has 0 spiro atoms. The van der Waals surface area contributed by atoms with Crippen LogP contribution in [0.4, 0.5) is 5.69 Å². The minimum atomic E-state index is -0.498. The normalized spacial score (nSPS) is 17.3. The van der Waals surface area contributed by atoms with Crippen molar-refractivity contribution in [2.75, 3.05) is 18.4 Å². The molecule has 144 valence electrons. The van der Waals surface area contributed by atoms with Gasteiger partial charge in [0.1, 0.15) is 0 Å². The van der Waals surface area contributed by atoms with Gasteiger partial charge in [-0.15, -0.1) is 0 Å². The second-order valence-corrected chi connectivity index (χ2v) is 7.42. The predicted octanol–water partition coefficient (Wildman–Crippen LogP) is 2.97. The summed E-state index contributed by atoms with van der Waals surface area (Å²) in [6, 6.07) is 16.6. The van der Waals surface area contributed by atoms with E-state index < -0.39 is 5.41 Å². The maximum absolute atomic E-state index is 13.4. The monoisotopic (exact) mass is 377 g/mol. The van der Waals surface area contributed by atoms with Gasteiger partial charge in [-0.2, -0.15) is 0 Å². The van der Waals surface area contributed by atoms with Gasteiger partial charge in [0.2, 0.25) is 5.91 Å². The number of carbonyl (C=O) groups excluding carboxylic acids is 3. The van der Waals surface area contributed by atoms with Crippen LogP contribution in [0.2, 0.25) is 0 Å². The quantitative estimate of drug-likeness (QED) is 0.891. The molecule has 0 bridgehead atoms. The standard InChI is InChI=1S/C22H23N3O3/c1-16(26)23-19-10-5-7-17(15-19)20(27)24-13-6-14-25(24)21(28)22(11-12-22)18-8-3-2-4-9-18/h2-5,7-10,15H,6,11-14H2,1H3,(H,23,26). The van der Waals surface area contributed by atoms with Crippen LogP contribution in [0.3, 0.4) is 0 Å². The molecule has 0 unspecified atom stereocenters. The molecule has 1 heterocycles. The molecule has 0 atom stereocenters. The van der Waals surface area contributed by atoms with Crippen molar-refractivity contribution in [3.8, 4) is 0 Å². The summed E-state index contributed by atoms with van der Waals surface area (Å²) in [6.45, 7) is 2.48. The van der Waals surface area contributed by atoms with Gasteiger partial charge in [0, 0.05) is 31.3 Å². The Hall–Kier alpha value is -3.15. The fourth-order valence-electron chi connectivity index (χ4n) is 3.87. The Labute approximate surface area is 164 Å². The second kappa shape index (κ2) is 7.11. The van der Waals surface area contributed by atoms with Gasteiger partial charge in [0.05, 0.1) is 5.41 Å². The van der Waals surface area contributed by atoms with Crippen molar-refractivity contribution in [3.05, 3.63) is 65.7 Å². The summed E-state index contributed by atoms with van der Waals surface area (Å²) < 4.78 is 0. The van der Waals surface area contributed by atoms with Gasteiger partial charge in [-0.05, 0) is 43.0 Å². The number of amides is 3. The van der Waals surface area contributed by atoms with Crippen molar-refractivity contribution in [1.29, 1.82) is 0 Å². The molecule has 1 aliphatic heterocycles. The third-order valence-corrected chi connectivity index (χ3v) is 5.42. The first-order chi connectivity index (χ1) is 13.5. The van der Waals surface area contributed by atoms with Crippen LogP contribution >= 0.6 is 0 Å². The molecule has 3 amide bonds. The van der Waals surface area contributed by atoms with E-state index in [1.54, 1.807) is 34.3 Å². The van der Waals surface area contributed by atoms with E-state index in [1.807, 2.05) is 30.3 Å². The maximum Gasteiger partial charge on any atom is 0.272 e. The maximum atomic E-state index is 13.4. The number of carbonyl (C=O) groups is 3. The molecule has 4 rings (SSSR count). The van der Waals surface area contributed by atoms with Gasteiger partial charge in [-0.3, -0.25) is 19.4 Å². The first-order valence-electron chi connectivity index (χ1n) is 9.58. The van der Waals surface area contributed by atoms with Crippen LogP contribution in [-0.4, -0.2) is 40.8 Å². The Morgan fingerprint density at radius 2 is 1.64 bits per heavy atom. The topological polar surface area (TPSA) is 69.7 Å². The van der Waals surface area contributed by atoms with E-state index in [9.17, 15) is 14.4 Å². The van der Waals surface area contributed by atoms with Gasteiger partial charge in [0.15, 0.2) is 0 Å². The summed E-state index contributed by atoms with van der Waals surface area (Å²) in [5, 5.41) is 5.86. The van der Waals surface area contributed by atoms with Gasteiger partial charge >= 0.3 is 0 Å². The Balaban J connectivity index is 1.56. The average Bonchev–Trinajstić information content (AvgIpc) is 3.37. The third-order valence-electron chi connectivity index (χ3n) is 5.42. The summed E-state index contributed by atoms with van der Waals surface area (Å²) in [7, 11) is 0. The van der Waals surface area contributed by atoms with E-state index >= 15 is 0 Å². The lowest BCUT2D eigenvalue weighted by Crippen LogP contribution is -2.48. The van der Waals surface area contributed by atoms with Gasteiger partial charge in [-0.1, -0.05) is 36.4 Å². The fourth-order valence-corrected chi connectivity index (χ4v) is 3.87. The lowest BCUT2D eigenvalue weighted by Gasteiger charge is -2.31. The summed E-state index contributed by atoms with van der Waals surface area (Å²) >= 11 is 0. The molecule has 6 heteroatoms. The third kappa shape index (κ3) is 3.26. The molecule has 2 aromatic rings. The Bertz CT molecular complexity index is 922. The summed E-state index contributed by atoms with van der Waals surface area (Å²) in [5.41, 5.74) is 1.54. The van der Waals surface area contributed by atoms with Crippen molar-refractivity contribution in [3.63, 3.8) is 0 Å². The predicted molar refractivity (Wildman–Crippen MR) is 105 cm³/mol. The van der Waals surface area contributed by atoms with Crippen LogP contribution in [0.25, 0.3) is 0 Å². The smallest absolute Gasteiger partial charge is 0.272 e. The van der Waals surface area contributed by atoms with Gasteiger partial charge in [-0.25, -0.2) is 5.01 Å². The highest BCUT2D eigenvalue weighted by Crippen LogP contribution is 2.50. The summed E-state index contributed by atoms with van der Waals surface area (Å²) in [6.07, 6.45) is 2.38. The highest BCUT2D eigenvalue weighted by atomic mass is 16.2. The number of rotatable bonds is 4. The molecule has 1 N–H and O–H groups in total. The van der Waals surface area contributed by atoms with Crippen molar-refractivity contribution >= 4 is 23.4 Å². The molecule has 1 saturated heterocycles. The van der Waals surface area contributed by atoms with E-state index in [0.717, 1.165) is 24.8 Å². The summed E-state index contributed by atoms with van der Waals surface area (Å²) in [4.78, 5) is 37.8. The highest BCUT2D eigenvalue weighted by molar-refractivity contribution is 5.99. The van der Waals surface area contributed by atoms with Crippen LogP contribution in [0.5, 0.6) is 0 Å². The molecule has 1 aliphatic carbocycles. The lowest BCUT2D eigenvalue weighted by atomic mass is 9.95. The van der Waals surface area contributed by atoms with Crippen molar-refractivity contribution in [1.82, 2.24) is 10.0 Å². The fraction of sp³-hybridized carbons (Fsp3) is 0.318. The summed E-state index contributed by atoms with van der Waals surface area (Å²) in [5.74, 6) is -0.411. The SMILES string of the molecule is CC(=O)Nc1cccc(C(=O)N2CCCN2C(=O)C2(c3ccccc3)CC2)c1. The number of nitrogens with one attached hydrogen (secondary N) is 1. The van der Waals surface area contributed by atoms with E-state index in [0.29, 0.717) is 24.3 Å². The van der Waals surface area contributed by atoms with E-state index in [-0.39, 0.29) is 17.7 Å². The molecule has 2 aromatic carbocycles. The minimum absolute atomic E-state index is 0.00238. The van der Waals surface area contributed by atoms with Crippen molar-refractivity contribution in [2.24, 2.45) is 0 Å². The highest BCUT2D eigenvalue weighted by Gasteiger charge is 2.54. The first kappa shape index (κ1) is 18.2. The number of hydrogen-bond acceptors (Lipinski definition) is 3. The zero-order valence-corrected chi connectivity index (χ0v) is 15.9. The number of nitrogens with zero attached hydrogens (tertiary/aromatic N) is 2. The number of hydrazine groups is 1. The van der Waals surface area contributed by atoms with Crippen LogP contribution in [0, 0.1) is 0 Å². The largest absolute Gasteiger partial charge is 0.326 e. The Morgan fingerprint density at radius 1 is 0.929 bits per heavy atom. The molecule has 2 fully saturated rings. The molecule has 2 aliphatic rings. The molecule has 0 radical (unpaired) electrons. The Morgan fingerprint density at radius 3 is 2.32 bits per heavy atom. The minimum Gasteiger partial charge on any atom is -0.326 e. The number of anilines is 1. The molecular weight excluding hydrogens is 354 g/mol. The average molecular weight is 377 g/mol. The zero-order valence-electron chi connectivity index (χ0n) is 15.9.